The molecule has 0 aliphatic heterocycles. The summed E-state index contributed by atoms with van der Waals surface area (Å²) < 4.78 is 16.2. The molecule has 7 nitrogen and oxygen atoms in total. The van der Waals surface area contributed by atoms with Crippen LogP contribution in [0.1, 0.15) is 39.3 Å². The van der Waals surface area contributed by atoms with Gasteiger partial charge in [0.1, 0.15) is 16.6 Å². The third kappa shape index (κ3) is 4.63. The summed E-state index contributed by atoms with van der Waals surface area (Å²) in [6.07, 6.45) is 1.81. The number of carbonyl (C=O) groups is 2. The van der Waals surface area contributed by atoms with Crippen LogP contribution in [0.2, 0.25) is 0 Å². The molecule has 1 N–H and O–H groups in total. The molecule has 4 rings (SSSR count). The number of aromatic nitrogens is 1. The first kappa shape index (κ1) is 22.3. The van der Waals surface area contributed by atoms with Crippen molar-refractivity contribution in [2.75, 3.05) is 19.5 Å². The minimum atomic E-state index is -0.460. The van der Waals surface area contributed by atoms with E-state index in [4.69, 9.17) is 14.2 Å². The van der Waals surface area contributed by atoms with Gasteiger partial charge in [-0.1, -0.05) is 0 Å². The van der Waals surface area contributed by atoms with Gasteiger partial charge in [-0.2, -0.15) is 0 Å². The van der Waals surface area contributed by atoms with Gasteiger partial charge in [0.05, 0.1) is 25.5 Å². The SMILES string of the molecule is COc1ccc(-c2nc(COC(=O)c3c(NC(=O)C4CC4)sc(C)c3C)cs2)cc1OC. The molecule has 0 atom stereocenters. The molecular weight excluding hydrogens is 448 g/mol. The van der Waals surface area contributed by atoms with Gasteiger partial charge in [0.2, 0.25) is 5.91 Å². The van der Waals surface area contributed by atoms with Crippen LogP contribution in [0.4, 0.5) is 5.00 Å². The summed E-state index contributed by atoms with van der Waals surface area (Å²) in [5.41, 5.74) is 2.80. The van der Waals surface area contributed by atoms with Crippen LogP contribution in [0.3, 0.4) is 0 Å². The molecular formula is C23H24N2O5S2. The maximum atomic E-state index is 12.8. The number of esters is 1. The number of amides is 1. The zero-order chi connectivity index (χ0) is 22.8. The minimum absolute atomic E-state index is 0.0284. The van der Waals surface area contributed by atoms with Crippen molar-refractivity contribution < 1.29 is 23.8 Å². The monoisotopic (exact) mass is 472 g/mol. The largest absolute Gasteiger partial charge is 0.493 e. The molecule has 1 aliphatic carbocycles. The number of thiazole rings is 1. The number of ether oxygens (including phenoxy) is 3. The summed E-state index contributed by atoms with van der Waals surface area (Å²) in [6, 6.07) is 5.59. The quantitative estimate of drug-likeness (QED) is 0.453. The van der Waals surface area contributed by atoms with Gasteiger partial charge in [-0.25, -0.2) is 9.78 Å². The average Bonchev–Trinajstić information content (AvgIpc) is 3.48. The number of hydrogen-bond acceptors (Lipinski definition) is 8. The van der Waals surface area contributed by atoms with E-state index < -0.39 is 5.97 Å². The number of methoxy groups -OCH3 is 2. The molecule has 0 radical (unpaired) electrons. The Labute approximate surface area is 194 Å². The Hall–Kier alpha value is -2.91. The van der Waals surface area contributed by atoms with Crippen LogP contribution < -0.4 is 14.8 Å². The van der Waals surface area contributed by atoms with Crippen LogP contribution in [0.15, 0.2) is 23.6 Å². The Morgan fingerprint density at radius 3 is 2.59 bits per heavy atom. The molecule has 2 heterocycles. The van der Waals surface area contributed by atoms with Crippen LogP contribution in [-0.2, 0) is 16.1 Å². The summed E-state index contributed by atoms with van der Waals surface area (Å²) in [7, 11) is 3.18. The molecule has 1 aromatic carbocycles. The summed E-state index contributed by atoms with van der Waals surface area (Å²) >= 11 is 2.86. The van der Waals surface area contributed by atoms with E-state index in [1.54, 1.807) is 14.2 Å². The zero-order valence-corrected chi connectivity index (χ0v) is 19.9. The van der Waals surface area contributed by atoms with Crippen LogP contribution in [0.25, 0.3) is 10.6 Å². The van der Waals surface area contributed by atoms with E-state index in [-0.39, 0.29) is 18.4 Å². The van der Waals surface area contributed by atoms with E-state index in [1.807, 2.05) is 37.4 Å². The third-order valence-electron chi connectivity index (χ3n) is 5.31. The topological polar surface area (TPSA) is 86.8 Å². The Kier molecular flexibility index (Phi) is 6.48. The number of aryl methyl sites for hydroxylation is 1. The molecule has 1 saturated carbocycles. The number of rotatable bonds is 8. The van der Waals surface area contributed by atoms with E-state index in [1.165, 1.54) is 22.7 Å². The van der Waals surface area contributed by atoms with Gasteiger partial charge < -0.3 is 19.5 Å². The van der Waals surface area contributed by atoms with Gasteiger partial charge in [0.25, 0.3) is 0 Å². The number of nitrogens with zero attached hydrogens (tertiary/aromatic N) is 1. The van der Waals surface area contributed by atoms with Gasteiger partial charge in [0.15, 0.2) is 11.5 Å². The van der Waals surface area contributed by atoms with Crippen molar-refractivity contribution in [2.45, 2.75) is 33.3 Å². The molecule has 32 heavy (non-hydrogen) atoms. The standard InChI is InChI=1S/C23H24N2O5S2/c1-12-13(2)32-22(25-20(26)14-5-6-14)19(12)23(27)30-10-16-11-31-21(24-16)15-7-8-17(28-3)18(9-15)29-4/h7-9,11,14H,5-6,10H2,1-4H3,(H,25,26). The third-order valence-corrected chi connectivity index (χ3v) is 7.37. The first-order chi connectivity index (χ1) is 15.4. The molecule has 168 valence electrons. The van der Waals surface area contributed by atoms with Crippen molar-refractivity contribution >= 4 is 39.6 Å². The van der Waals surface area contributed by atoms with Crippen molar-refractivity contribution in [1.29, 1.82) is 0 Å². The lowest BCUT2D eigenvalue weighted by Gasteiger charge is -2.08. The molecule has 0 saturated heterocycles. The smallest absolute Gasteiger partial charge is 0.341 e. The fourth-order valence-electron chi connectivity index (χ4n) is 3.21. The number of benzene rings is 1. The molecule has 3 aromatic rings. The number of thiophene rings is 1. The lowest BCUT2D eigenvalue weighted by atomic mass is 10.1. The molecule has 9 heteroatoms. The first-order valence-corrected chi connectivity index (χ1v) is 11.9. The van der Waals surface area contributed by atoms with Crippen molar-refractivity contribution in [3.05, 3.63) is 45.3 Å². The van der Waals surface area contributed by atoms with Crippen molar-refractivity contribution in [2.24, 2.45) is 5.92 Å². The zero-order valence-electron chi connectivity index (χ0n) is 18.3. The van der Waals surface area contributed by atoms with Gasteiger partial charge in [-0.05, 0) is 50.5 Å². The van der Waals surface area contributed by atoms with Crippen LogP contribution in [-0.4, -0.2) is 31.1 Å². The molecule has 1 fully saturated rings. The fourth-order valence-corrected chi connectivity index (χ4v) is 5.06. The van der Waals surface area contributed by atoms with Crippen LogP contribution in [0, 0.1) is 19.8 Å². The van der Waals surface area contributed by atoms with Crippen LogP contribution >= 0.6 is 22.7 Å². The van der Waals surface area contributed by atoms with Crippen molar-refractivity contribution in [1.82, 2.24) is 4.98 Å². The van der Waals surface area contributed by atoms with Crippen LogP contribution in [0.5, 0.6) is 11.5 Å². The number of anilines is 1. The maximum absolute atomic E-state index is 12.8. The lowest BCUT2D eigenvalue weighted by molar-refractivity contribution is -0.117. The number of carbonyl (C=O) groups excluding carboxylic acids is 2. The van der Waals surface area contributed by atoms with Gasteiger partial charge >= 0.3 is 5.97 Å². The highest BCUT2D eigenvalue weighted by atomic mass is 32.1. The molecule has 2 aromatic heterocycles. The van der Waals surface area contributed by atoms with Crippen molar-refractivity contribution in [3.8, 4) is 22.1 Å². The Bertz CT molecular complexity index is 1160. The van der Waals surface area contributed by atoms with E-state index >= 15 is 0 Å². The fraction of sp³-hybridized carbons (Fsp3) is 0.348. The van der Waals surface area contributed by atoms with E-state index in [2.05, 4.69) is 10.3 Å². The second kappa shape index (κ2) is 9.30. The Balaban J connectivity index is 1.45. The predicted octanol–water partition coefficient (Wildman–Crippen LogP) is 5.21. The summed E-state index contributed by atoms with van der Waals surface area (Å²) in [5.74, 6) is 0.842. The molecule has 1 aliphatic rings. The molecule has 0 bridgehead atoms. The minimum Gasteiger partial charge on any atom is -0.493 e. The predicted molar refractivity (Wildman–Crippen MR) is 125 cm³/mol. The molecule has 1 amide bonds. The van der Waals surface area contributed by atoms with E-state index in [9.17, 15) is 9.59 Å². The highest BCUT2D eigenvalue weighted by Gasteiger charge is 2.31. The number of nitrogens with one attached hydrogen (secondary N) is 1. The molecule has 0 unspecified atom stereocenters. The summed E-state index contributed by atoms with van der Waals surface area (Å²) in [4.78, 5) is 30.6. The highest BCUT2D eigenvalue weighted by Crippen LogP contribution is 2.37. The average molecular weight is 473 g/mol. The Morgan fingerprint density at radius 2 is 1.91 bits per heavy atom. The normalized spacial score (nSPS) is 13.0. The van der Waals surface area contributed by atoms with Crippen molar-refractivity contribution in [3.63, 3.8) is 0 Å². The lowest BCUT2D eigenvalue weighted by Crippen LogP contribution is -2.16. The van der Waals surface area contributed by atoms with E-state index in [0.717, 1.165) is 33.9 Å². The first-order valence-electron chi connectivity index (χ1n) is 10.2. The highest BCUT2D eigenvalue weighted by molar-refractivity contribution is 7.16. The Morgan fingerprint density at radius 1 is 1.16 bits per heavy atom. The summed E-state index contributed by atoms with van der Waals surface area (Å²) in [5, 5.41) is 6.11. The number of hydrogen-bond donors (Lipinski definition) is 1. The van der Waals surface area contributed by atoms with Gasteiger partial charge in [-0.15, -0.1) is 22.7 Å². The van der Waals surface area contributed by atoms with Gasteiger partial charge in [0, 0.05) is 21.7 Å². The summed E-state index contributed by atoms with van der Waals surface area (Å²) in [6.45, 7) is 3.85. The molecule has 0 spiro atoms. The maximum Gasteiger partial charge on any atom is 0.341 e. The van der Waals surface area contributed by atoms with Gasteiger partial charge in [-0.3, -0.25) is 4.79 Å². The van der Waals surface area contributed by atoms with E-state index in [0.29, 0.717) is 27.8 Å². The second-order valence-electron chi connectivity index (χ2n) is 7.54. The second-order valence-corrected chi connectivity index (χ2v) is 9.62.